The third-order valence-electron chi connectivity index (χ3n) is 5.31. The summed E-state index contributed by atoms with van der Waals surface area (Å²) in [4.78, 5) is 33.8. The molecule has 2 aromatic heterocycles. The highest BCUT2D eigenvalue weighted by atomic mass is 16.2. The van der Waals surface area contributed by atoms with Crippen LogP contribution in [-0.4, -0.2) is 57.5 Å². The molecule has 0 radical (unpaired) electrons. The molecular weight excluding hydrogens is 366 g/mol. The van der Waals surface area contributed by atoms with Crippen molar-refractivity contribution in [3.05, 3.63) is 71.8 Å². The van der Waals surface area contributed by atoms with E-state index in [9.17, 15) is 9.59 Å². The summed E-state index contributed by atoms with van der Waals surface area (Å²) < 4.78 is 1.72. The number of aryl methyl sites for hydroxylation is 1. The minimum Gasteiger partial charge on any atom is -0.368 e. The Labute approximate surface area is 169 Å². The van der Waals surface area contributed by atoms with Gasteiger partial charge in [0.05, 0.1) is 22.6 Å². The average molecular weight is 389 g/mol. The summed E-state index contributed by atoms with van der Waals surface area (Å²) in [6, 6.07) is 13.5. The number of Topliss-reactive ketones (excluding diaryl/α,β-unsaturated/α-hetero) is 1. The van der Waals surface area contributed by atoms with Crippen molar-refractivity contribution in [2.75, 3.05) is 31.1 Å². The molecule has 148 valence electrons. The lowest BCUT2D eigenvalue weighted by Gasteiger charge is -2.35. The molecule has 0 spiro atoms. The van der Waals surface area contributed by atoms with Crippen LogP contribution in [0.15, 0.2) is 54.9 Å². The monoisotopic (exact) mass is 389 g/mol. The molecule has 1 aliphatic heterocycles. The summed E-state index contributed by atoms with van der Waals surface area (Å²) in [6.07, 6.45) is 3.51. The van der Waals surface area contributed by atoms with Gasteiger partial charge >= 0.3 is 0 Å². The van der Waals surface area contributed by atoms with Gasteiger partial charge in [-0.3, -0.25) is 14.6 Å². The fraction of sp³-hybridized carbons (Fsp3) is 0.273. The van der Waals surface area contributed by atoms with Crippen LogP contribution >= 0.6 is 0 Å². The first kappa shape index (κ1) is 18.9. The van der Waals surface area contributed by atoms with Crippen molar-refractivity contribution in [3.8, 4) is 5.69 Å². The normalized spacial score (nSPS) is 14.1. The van der Waals surface area contributed by atoms with Gasteiger partial charge in [-0.1, -0.05) is 18.2 Å². The largest absolute Gasteiger partial charge is 0.368 e. The Balaban J connectivity index is 1.49. The number of carbonyl (C=O) groups is 2. The molecule has 1 aliphatic rings. The van der Waals surface area contributed by atoms with E-state index in [0.29, 0.717) is 43.1 Å². The maximum atomic E-state index is 13.0. The molecule has 4 rings (SSSR count). The second-order valence-corrected chi connectivity index (χ2v) is 7.11. The number of pyridine rings is 1. The number of rotatable bonds is 4. The summed E-state index contributed by atoms with van der Waals surface area (Å²) in [5, 5.41) is 4.49. The molecule has 0 saturated carbocycles. The van der Waals surface area contributed by atoms with Crippen molar-refractivity contribution in [2.24, 2.45) is 0 Å². The van der Waals surface area contributed by atoms with E-state index in [0.717, 1.165) is 11.4 Å². The fourth-order valence-electron chi connectivity index (χ4n) is 3.77. The minimum absolute atomic E-state index is 0.399. The third kappa shape index (κ3) is 3.63. The van der Waals surface area contributed by atoms with E-state index in [1.807, 2.05) is 49.4 Å². The molecule has 1 aromatic carbocycles. The van der Waals surface area contributed by atoms with Crippen LogP contribution in [0.25, 0.3) is 5.69 Å². The van der Waals surface area contributed by atoms with Crippen molar-refractivity contribution >= 4 is 17.4 Å². The molecule has 0 N–H and O–H groups in total. The standard InChI is InChI=1S/C22H23N5O2/c1-16-20(17(2)27(24-16)19-6-4-3-5-7-19)21(28)22(29)26-14-12-25(13-15-26)18-8-10-23-11-9-18/h3-11H,12-15H2,1-2H3. The number of piperazine rings is 1. The van der Waals surface area contributed by atoms with Gasteiger partial charge in [-0.25, -0.2) is 4.68 Å². The molecule has 1 fully saturated rings. The Morgan fingerprint density at radius 3 is 2.17 bits per heavy atom. The number of benzene rings is 1. The number of nitrogens with zero attached hydrogens (tertiary/aromatic N) is 5. The average Bonchev–Trinajstić information content (AvgIpc) is 3.08. The van der Waals surface area contributed by atoms with Gasteiger partial charge in [0.2, 0.25) is 0 Å². The van der Waals surface area contributed by atoms with Crippen LogP contribution in [0.5, 0.6) is 0 Å². The maximum Gasteiger partial charge on any atom is 0.295 e. The lowest BCUT2D eigenvalue weighted by Crippen LogP contribution is -2.50. The van der Waals surface area contributed by atoms with Crippen molar-refractivity contribution in [1.82, 2.24) is 19.7 Å². The van der Waals surface area contributed by atoms with Gasteiger partial charge in [0.15, 0.2) is 0 Å². The van der Waals surface area contributed by atoms with Crippen LogP contribution in [0, 0.1) is 13.8 Å². The summed E-state index contributed by atoms with van der Waals surface area (Å²) >= 11 is 0. The maximum absolute atomic E-state index is 13.0. The Morgan fingerprint density at radius 1 is 0.862 bits per heavy atom. The molecule has 3 aromatic rings. The highest BCUT2D eigenvalue weighted by Crippen LogP contribution is 2.20. The van der Waals surface area contributed by atoms with E-state index >= 15 is 0 Å². The SMILES string of the molecule is Cc1nn(-c2ccccc2)c(C)c1C(=O)C(=O)N1CCN(c2ccncc2)CC1. The van der Waals surface area contributed by atoms with Gasteiger partial charge in [-0.15, -0.1) is 0 Å². The molecule has 0 unspecified atom stereocenters. The summed E-state index contributed by atoms with van der Waals surface area (Å²) in [5.74, 6) is -0.947. The van der Waals surface area contributed by atoms with Gasteiger partial charge in [-0.05, 0) is 38.1 Å². The Morgan fingerprint density at radius 2 is 1.52 bits per heavy atom. The van der Waals surface area contributed by atoms with Gasteiger partial charge in [0, 0.05) is 44.3 Å². The molecular formula is C22H23N5O2. The van der Waals surface area contributed by atoms with Crippen LogP contribution < -0.4 is 4.90 Å². The topological polar surface area (TPSA) is 71.3 Å². The van der Waals surface area contributed by atoms with Gasteiger partial charge in [0.1, 0.15) is 0 Å². The number of aromatic nitrogens is 3. The predicted octanol–water partition coefficient (Wildman–Crippen LogP) is 2.42. The van der Waals surface area contributed by atoms with Crippen molar-refractivity contribution in [1.29, 1.82) is 0 Å². The van der Waals surface area contributed by atoms with E-state index in [1.54, 1.807) is 28.9 Å². The van der Waals surface area contributed by atoms with E-state index in [4.69, 9.17) is 0 Å². The zero-order valence-electron chi connectivity index (χ0n) is 16.6. The van der Waals surface area contributed by atoms with Crippen LogP contribution in [-0.2, 0) is 4.79 Å². The molecule has 29 heavy (non-hydrogen) atoms. The highest BCUT2D eigenvalue weighted by molar-refractivity contribution is 6.43. The first-order valence-electron chi connectivity index (χ1n) is 9.66. The summed E-state index contributed by atoms with van der Waals surface area (Å²) in [7, 11) is 0. The van der Waals surface area contributed by atoms with Gasteiger partial charge < -0.3 is 9.80 Å². The molecule has 7 heteroatoms. The smallest absolute Gasteiger partial charge is 0.295 e. The van der Waals surface area contributed by atoms with Gasteiger partial charge in [-0.2, -0.15) is 5.10 Å². The Kier molecular flexibility index (Phi) is 5.12. The lowest BCUT2D eigenvalue weighted by molar-refractivity contribution is -0.126. The zero-order valence-corrected chi connectivity index (χ0v) is 16.6. The number of hydrogen-bond donors (Lipinski definition) is 0. The lowest BCUT2D eigenvalue weighted by atomic mass is 10.1. The van der Waals surface area contributed by atoms with Crippen LogP contribution in [0.2, 0.25) is 0 Å². The summed E-state index contributed by atoms with van der Waals surface area (Å²) in [6.45, 7) is 5.99. The Bertz CT molecular complexity index is 1020. The number of anilines is 1. The first-order valence-corrected chi connectivity index (χ1v) is 9.66. The highest BCUT2D eigenvalue weighted by Gasteiger charge is 2.30. The van der Waals surface area contributed by atoms with Crippen molar-refractivity contribution in [2.45, 2.75) is 13.8 Å². The minimum atomic E-state index is -0.487. The summed E-state index contributed by atoms with van der Waals surface area (Å²) in [5.41, 5.74) is 3.60. The number of amides is 1. The second kappa shape index (κ2) is 7.87. The van der Waals surface area contributed by atoms with E-state index in [1.165, 1.54) is 0 Å². The van der Waals surface area contributed by atoms with E-state index in [2.05, 4.69) is 15.0 Å². The molecule has 7 nitrogen and oxygen atoms in total. The van der Waals surface area contributed by atoms with E-state index < -0.39 is 11.7 Å². The Hall–Kier alpha value is -3.48. The van der Waals surface area contributed by atoms with Crippen molar-refractivity contribution in [3.63, 3.8) is 0 Å². The molecule has 0 bridgehead atoms. The molecule has 0 atom stereocenters. The number of para-hydroxylation sites is 1. The van der Waals surface area contributed by atoms with Crippen LogP contribution in [0.1, 0.15) is 21.7 Å². The zero-order chi connectivity index (χ0) is 20.4. The molecule has 3 heterocycles. The van der Waals surface area contributed by atoms with Gasteiger partial charge in [0.25, 0.3) is 11.7 Å². The van der Waals surface area contributed by atoms with Crippen LogP contribution in [0.4, 0.5) is 5.69 Å². The second-order valence-electron chi connectivity index (χ2n) is 7.11. The van der Waals surface area contributed by atoms with E-state index in [-0.39, 0.29) is 0 Å². The number of hydrogen-bond acceptors (Lipinski definition) is 5. The molecule has 0 aliphatic carbocycles. The third-order valence-corrected chi connectivity index (χ3v) is 5.31. The number of ketones is 1. The quantitative estimate of drug-likeness (QED) is 0.506. The molecule has 1 amide bonds. The molecule has 1 saturated heterocycles. The van der Waals surface area contributed by atoms with Crippen molar-refractivity contribution < 1.29 is 9.59 Å². The van der Waals surface area contributed by atoms with Crippen LogP contribution in [0.3, 0.4) is 0 Å². The first-order chi connectivity index (χ1) is 14.1. The number of carbonyl (C=O) groups excluding carboxylic acids is 2. The predicted molar refractivity (Wildman–Crippen MR) is 110 cm³/mol. The fourth-order valence-corrected chi connectivity index (χ4v) is 3.77.